The molecule has 2 rings (SSSR count). The van der Waals surface area contributed by atoms with Crippen LogP contribution in [0.15, 0.2) is 29.5 Å². The maximum absolute atomic E-state index is 4.27. The van der Waals surface area contributed by atoms with Gasteiger partial charge >= 0.3 is 0 Å². The van der Waals surface area contributed by atoms with Gasteiger partial charge < -0.3 is 15.2 Å². The maximum atomic E-state index is 4.27. The highest BCUT2D eigenvalue weighted by Crippen LogP contribution is 2.26. The molecule has 0 bridgehead atoms. The van der Waals surface area contributed by atoms with E-state index in [4.69, 9.17) is 0 Å². The van der Waals surface area contributed by atoms with E-state index in [0.29, 0.717) is 0 Å². The molecular formula is C14H21BrN6. The molecule has 0 aliphatic carbocycles. The number of aromatic nitrogens is 4. The molecule has 0 unspecified atom stereocenters. The van der Waals surface area contributed by atoms with E-state index in [-0.39, 0.29) is 0 Å². The predicted octanol–water partition coefficient (Wildman–Crippen LogP) is 3.15. The summed E-state index contributed by atoms with van der Waals surface area (Å²) in [5.41, 5.74) is 0. The van der Waals surface area contributed by atoms with Gasteiger partial charge in [-0.25, -0.2) is 15.0 Å². The Morgan fingerprint density at radius 2 is 1.90 bits per heavy atom. The van der Waals surface area contributed by atoms with Crippen LogP contribution < -0.4 is 10.6 Å². The molecule has 0 spiro atoms. The minimum atomic E-state index is 0.839. The monoisotopic (exact) mass is 352 g/mol. The lowest BCUT2D eigenvalue weighted by Gasteiger charge is -2.11. The summed E-state index contributed by atoms with van der Waals surface area (Å²) in [5.74, 6) is 1.68. The molecule has 0 atom stereocenters. The van der Waals surface area contributed by atoms with Gasteiger partial charge in [-0.15, -0.1) is 0 Å². The Kier molecular flexibility index (Phi) is 6.46. The highest BCUT2D eigenvalue weighted by Gasteiger charge is 2.07. The van der Waals surface area contributed by atoms with E-state index in [2.05, 4.69) is 53.0 Å². The van der Waals surface area contributed by atoms with E-state index in [0.717, 1.165) is 55.0 Å². The second-order valence-corrected chi connectivity index (χ2v) is 5.54. The molecule has 2 heterocycles. The molecule has 7 heteroatoms. The number of nitrogens with one attached hydrogen (secondary N) is 2. The van der Waals surface area contributed by atoms with Crippen LogP contribution in [0.2, 0.25) is 0 Å². The molecule has 0 aliphatic heterocycles. The van der Waals surface area contributed by atoms with Gasteiger partial charge in [-0.2, -0.15) is 0 Å². The van der Waals surface area contributed by atoms with Gasteiger partial charge in [0.25, 0.3) is 0 Å². The first kappa shape index (κ1) is 15.8. The molecule has 0 aliphatic rings. The zero-order valence-electron chi connectivity index (χ0n) is 12.2. The molecular weight excluding hydrogens is 332 g/mol. The number of unbranched alkanes of at least 4 members (excludes halogenated alkanes) is 1. The van der Waals surface area contributed by atoms with E-state index >= 15 is 0 Å². The van der Waals surface area contributed by atoms with E-state index < -0.39 is 0 Å². The number of halogens is 1. The van der Waals surface area contributed by atoms with Crippen molar-refractivity contribution in [3.8, 4) is 0 Å². The standard InChI is InChI=1S/C14H21BrN6/c1-2-5-17-13-12(15)14(20-10-19-13)18-6-3-4-8-21-9-7-16-11-21/h7,9-11H,2-6,8H2,1H3,(H2,17,18,19,20). The van der Waals surface area contributed by atoms with E-state index in [1.54, 1.807) is 12.5 Å². The molecule has 0 aromatic carbocycles. The highest BCUT2D eigenvalue weighted by molar-refractivity contribution is 9.10. The first-order chi connectivity index (χ1) is 10.3. The van der Waals surface area contributed by atoms with E-state index in [1.807, 2.05) is 12.5 Å². The third-order valence-electron chi connectivity index (χ3n) is 3.03. The van der Waals surface area contributed by atoms with Gasteiger partial charge in [0.1, 0.15) is 22.4 Å². The summed E-state index contributed by atoms with van der Waals surface area (Å²) in [4.78, 5) is 12.5. The van der Waals surface area contributed by atoms with Gasteiger partial charge in [-0.1, -0.05) is 6.92 Å². The fourth-order valence-corrected chi connectivity index (χ4v) is 2.39. The molecule has 0 fully saturated rings. The number of nitrogens with zero attached hydrogens (tertiary/aromatic N) is 4. The molecule has 0 radical (unpaired) electrons. The highest BCUT2D eigenvalue weighted by atomic mass is 79.9. The average Bonchev–Trinajstić information content (AvgIpc) is 3.00. The van der Waals surface area contributed by atoms with Crippen LogP contribution in [0.1, 0.15) is 26.2 Å². The topological polar surface area (TPSA) is 67.7 Å². The van der Waals surface area contributed by atoms with Gasteiger partial charge in [0.05, 0.1) is 6.33 Å². The zero-order valence-corrected chi connectivity index (χ0v) is 13.8. The molecule has 6 nitrogen and oxygen atoms in total. The third kappa shape index (κ3) is 5.00. The lowest BCUT2D eigenvalue weighted by molar-refractivity contribution is 0.620. The summed E-state index contributed by atoms with van der Waals surface area (Å²) in [6.45, 7) is 4.91. The Morgan fingerprint density at radius 1 is 1.14 bits per heavy atom. The van der Waals surface area contributed by atoms with Crippen molar-refractivity contribution >= 4 is 27.6 Å². The summed E-state index contributed by atoms with van der Waals surface area (Å²) >= 11 is 3.55. The number of aryl methyl sites for hydroxylation is 1. The van der Waals surface area contributed by atoms with Gasteiger partial charge in [0.15, 0.2) is 0 Å². The van der Waals surface area contributed by atoms with Crippen molar-refractivity contribution in [2.75, 3.05) is 23.7 Å². The van der Waals surface area contributed by atoms with Crippen LogP contribution in [0.4, 0.5) is 11.6 Å². The summed E-state index contributed by atoms with van der Waals surface area (Å²) in [6, 6.07) is 0. The minimum Gasteiger partial charge on any atom is -0.369 e. The molecule has 114 valence electrons. The lowest BCUT2D eigenvalue weighted by Crippen LogP contribution is -2.09. The van der Waals surface area contributed by atoms with E-state index in [1.165, 1.54) is 0 Å². The number of imidazole rings is 1. The van der Waals surface area contributed by atoms with Gasteiger partial charge in [-0.3, -0.25) is 0 Å². The van der Waals surface area contributed by atoms with Crippen molar-refractivity contribution in [3.63, 3.8) is 0 Å². The summed E-state index contributed by atoms with van der Waals surface area (Å²) < 4.78 is 2.99. The summed E-state index contributed by atoms with van der Waals surface area (Å²) in [5, 5.41) is 6.62. The van der Waals surface area contributed by atoms with Crippen molar-refractivity contribution < 1.29 is 0 Å². The average molecular weight is 353 g/mol. The summed E-state index contributed by atoms with van der Waals surface area (Å²) in [6.07, 6.45) is 10.5. The molecule has 2 aromatic rings. The smallest absolute Gasteiger partial charge is 0.145 e. The molecule has 0 saturated heterocycles. The number of hydrogen-bond donors (Lipinski definition) is 2. The van der Waals surface area contributed by atoms with Crippen LogP contribution in [-0.4, -0.2) is 32.6 Å². The van der Waals surface area contributed by atoms with Crippen molar-refractivity contribution in [2.24, 2.45) is 0 Å². The first-order valence-corrected chi connectivity index (χ1v) is 8.04. The van der Waals surface area contributed by atoms with Gasteiger partial charge in [0.2, 0.25) is 0 Å². The number of anilines is 2. The quantitative estimate of drug-likeness (QED) is 0.678. The Morgan fingerprint density at radius 3 is 2.57 bits per heavy atom. The number of rotatable bonds is 9. The summed E-state index contributed by atoms with van der Waals surface area (Å²) in [7, 11) is 0. The van der Waals surface area contributed by atoms with Crippen LogP contribution in [0.25, 0.3) is 0 Å². The second kappa shape index (κ2) is 8.61. The molecule has 2 N–H and O–H groups in total. The minimum absolute atomic E-state index is 0.839. The Hall–Kier alpha value is -1.63. The van der Waals surface area contributed by atoms with Crippen molar-refractivity contribution in [1.29, 1.82) is 0 Å². The largest absolute Gasteiger partial charge is 0.369 e. The van der Waals surface area contributed by atoms with Crippen LogP contribution >= 0.6 is 15.9 Å². The fraction of sp³-hybridized carbons (Fsp3) is 0.500. The van der Waals surface area contributed by atoms with E-state index in [9.17, 15) is 0 Å². The second-order valence-electron chi connectivity index (χ2n) is 4.75. The Bertz CT molecular complexity index is 528. The molecule has 0 saturated carbocycles. The Balaban J connectivity index is 1.74. The van der Waals surface area contributed by atoms with Crippen LogP contribution in [-0.2, 0) is 6.54 Å². The van der Waals surface area contributed by atoms with Crippen LogP contribution in [0.5, 0.6) is 0 Å². The van der Waals surface area contributed by atoms with Crippen molar-refractivity contribution in [1.82, 2.24) is 19.5 Å². The Labute approximate surface area is 133 Å². The van der Waals surface area contributed by atoms with Crippen molar-refractivity contribution in [3.05, 3.63) is 29.5 Å². The third-order valence-corrected chi connectivity index (χ3v) is 3.78. The maximum Gasteiger partial charge on any atom is 0.145 e. The van der Waals surface area contributed by atoms with Gasteiger partial charge in [-0.05, 0) is 35.2 Å². The first-order valence-electron chi connectivity index (χ1n) is 7.25. The fourth-order valence-electron chi connectivity index (χ4n) is 1.90. The number of hydrogen-bond acceptors (Lipinski definition) is 5. The zero-order chi connectivity index (χ0) is 14.9. The van der Waals surface area contributed by atoms with Crippen molar-refractivity contribution in [2.45, 2.75) is 32.7 Å². The van der Waals surface area contributed by atoms with Gasteiger partial charge in [0, 0.05) is 32.0 Å². The van der Waals surface area contributed by atoms with Crippen LogP contribution in [0.3, 0.4) is 0 Å². The predicted molar refractivity (Wildman–Crippen MR) is 88.5 cm³/mol. The molecule has 0 amide bonds. The SMILES string of the molecule is CCCNc1ncnc(NCCCCn2ccnc2)c1Br. The molecule has 2 aromatic heterocycles. The lowest BCUT2D eigenvalue weighted by atomic mass is 10.3. The normalized spacial score (nSPS) is 10.6. The molecule has 21 heavy (non-hydrogen) atoms. The van der Waals surface area contributed by atoms with Crippen LogP contribution in [0, 0.1) is 0 Å².